The Morgan fingerprint density at radius 1 is 0.862 bits per heavy atom. The topological polar surface area (TPSA) is 16.1 Å². The molecule has 1 aliphatic heterocycles. The third-order valence-electron chi connectivity index (χ3n) is 5.43. The Labute approximate surface area is 177 Å². The highest BCUT2D eigenvalue weighted by Crippen LogP contribution is 2.48. The highest BCUT2D eigenvalue weighted by Gasteiger charge is 2.25. The molecular weight excluding hydrogens is 392 g/mol. The normalized spacial score (nSPS) is 15.1. The van der Waals surface area contributed by atoms with Gasteiger partial charge in [0.05, 0.1) is 20.9 Å². The minimum Gasteiger partial charge on any atom is -0.335 e. The number of thiazole rings is 1. The molecule has 29 heavy (non-hydrogen) atoms. The van der Waals surface area contributed by atoms with Gasteiger partial charge < -0.3 is 4.90 Å². The van der Waals surface area contributed by atoms with E-state index < -0.39 is 0 Å². The first-order chi connectivity index (χ1) is 14.3. The van der Waals surface area contributed by atoms with Crippen LogP contribution < -0.4 is 4.90 Å². The number of benzene rings is 4. The molecule has 0 aliphatic carbocycles. The average Bonchev–Trinajstić information content (AvgIpc) is 3.29. The molecule has 5 aromatic rings. The van der Waals surface area contributed by atoms with Crippen LogP contribution in [0.25, 0.3) is 37.8 Å². The molecule has 0 saturated carbocycles. The summed E-state index contributed by atoms with van der Waals surface area (Å²) in [6.07, 6.45) is 2.24. The van der Waals surface area contributed by atoms with Crippen molar-refractivity contribution in [2.45, 2.75) is 11.8 Å². The van der Waals surface area contributed by atoms with E-state index in [2.05, 4.69) is 90.7 Å². The summed E-state index contributed by atoms with van der Waals surface area (Å²) < 4.78 is 1.24. The number of thioether (sulfide) groups is 1. The van der Waals surface area contributed by atoms with E-state index in [1.807, 2.05) is 11.8 Å². The first-order valence-corrected chi connectivity index (χ1v) is 11.4. The zero-order valence-electron chi connectivity index (χ0n) is 15.9. The molecule has 0 fully saturated rings. The molecule has 0 amide bonds. The summed E-state index contributed by atoms with van der Waals surface area (Å²) in [7, 11) is 0. The van der Waals surface area contributed by atoms with Gasteiger partial charge in [0.1, 0.15) is 5.01 Å². The summed E-state index contributed by atoms with van der Waals surface area (Å²) in [6, 6.07) is 26.2. The molecule has 0 unspecified atom stereocenters. The van der Waals surface area contributed by atoms with E-state index in [1.165, 1.54) is 41.9 Å². The maximum absolute atomic E-state index is 4.92. The lowest BCUT2D eigenvalue weighted by Gasteiger charge is -2.18. The Hall–Kier alpha value is -2.82. The largest absolute Gasteiger partial charge is 0.335 e. The van der Waals surface area contributed by atoms with E-state index in [1.54, 1.807) is 11.3 Å². The lowest BCUT2D eigenvalue weighted by Crippen LogP contribution is -2.16. The van der Waals surface area contributed by atoms with E-state index in [-0.39, 0.29) is 0 Å². The van der Waals surface area contributed by atoms with Crippen LogP contribution in [0.3, 0.4) is 0 Å². The van der Waals surface area contributed by atoms with Crippen LogP contribution in [0, 0.1) is 0 Å². The van der Waals surface area contributed by atoms with Gasteiger partial charge in [-0.3, -0.25) is 0 Å². The Balaban J connectivity index is 1.45. The fourth-order valence-corrected chi connectivity index (χ4v) is 6.22. The van der Waals surface area contributed by atoms with Crippen LogP contribution >= 0.6 is 23.1 Å². The molecule has 0 spiro atoms. The molecule has 4 heteroatoms. The number of rotatable bonds is 2. The molecule has 0 bridgehead atoms. The first kappa shape index (κ1) is 17.1. The molecule has 2 nitrogen and oxygen atoms in total. The maximum atomic E-state index is 4.92. The summed E-state index contributed by atoms with van der Waals surface area (Å²) in [6.45, 7) is 3.16. The molecular formula is C25H18N2S2. The van der Waals surface area contributed by atoms with Gasteiger partial charge >= 0.3 is 0 Å². The van der Waals surface area contributed by atoms with Gasteiger partial charge in [-0.1, -0.05) is 60.3 Å². The summed E-state index contributed by atoms with van der Waals surface area (Å²) in [5, 5.41) is 7.41. The summed E-state index contributed by atoms with van der Waals surface area (Å²) in [5.41, 5.74) is 2.38. The van der Waals surface area contributed by atoms with Crippen LogP contribution in [0.5, 0.6) is 0 Å². The minimum absolute atomic E-state index is 0.943. The summed E-state index contributed by atoms with van der Waals surface area (Å²) in [4.78, 5) is 8.64. The third kappa shape index (κ3) is 2.83. The number of anilines is 1. The van der Waals surface area contributed by atoms with Gasteiger partial charge in [-0.05, 0) is 52.7 Å². The molecule has 140 valence electrons. The van der Waals surface area contributed by atoms with Crippen LogP contribution in [-0.2, 0) is 0 Å². The van der Waals surface area contributed by atoms with Crippen molar-refractivity contribution in [3.05, 3.63) is 82.8 Å². The number of fused-ring (bicyclic) bond motifs is 4. The van der Waals surface area contributed by atoms with E-state index >= 15 is 0 Å². The lowest BCUT2D eigenvalue weighted by atomic mass is 10.1. The van der Waals surface area contributed by atoms with Crippen molar-refractivity contribution in [3.8, 4) is 0 Å². The highest BCUT2D eigenvalue weighted by atomic mass is 32.2. The van der Waals surface area contributed by atoms with Crippen LogP contribution in [0.4, 0.5) is 5.69 Å². The van der Waals surface area contributed by atoms with Gasteiger partial charge in [-0.2, -0.15) is 0 Å². The van der Waals surface area contributed by atoms with Crippen LogP contribution in [0.1, 0.15) is 11.9 Å². The molecule has 4 aromatic carbocycles. The molecule has 0 radical (unpaired) electrons. The zero-order chi connectivity index (χ0) is 19.4. The van der Waals surface area contributed by atoms with Gasteiger partial charge in [0, 0.05) is 17.5 Å². The summed E-state index contributed by atoms with van der Waals surface area (Å²) >= 11 is 3.61. The number of hydrogen-bond donors (Lipinski definition) is 0. The quantitative estimate of drug-likeness (QED) is 0.299. The maximum Gasteiger partial charge on any atom is 0.119 e. The second kappa shape index (κ2) is 6.61. The molecule has 0 saturated heterocycles. The second-order valence-electron chi connectivity index (χ2n) is 7.22. The number of aromatic nitrogens is 1. The second-order valence-corrected chi connectivity index (χ2v) is 9.34. The van der Waals surface area contributed by atoms with E-state index in [0.717, 1.165) is 17.1 Å². The van der Waals surface area contributed by atoms with Crippen molar-refractivity contribution in [2.24, 2.45) is 0 Å². The average molecular weight is 411 g/mol. The van der Waals surface area contributed by atoms with E-state index in [4.69, 9.17) is 4.98 Å². The van der Waals surface area contributed by atoms with Crippen LogP contribution in [0.15, 0.2) is 82.7 Å². The third-order valence-corrected chi connectivity index (χ3v) is 7.49. The number of hydrogen-bond acceptors (Lipinski definition) is 4. The van der Waals surface area contributed by atoms with Gasteiger partial charge in [-0.25, -0.2) is 4.98 Å². The Morgan fingerprint density at radius 2 is 1.52 bits per heavy atom. The Bertz CT molecular complexity index is 1380. The van der Waals surface area contributed by atoms with Gasteiger partial charge in [-0.15, -0.1) is 11.3 Å². The lowest BCUT2D eigenvalue weighted by molar-refractivity contribution is 1.01. The molecule has 0 atom stereocenters. The summed E-state index contributed by atoms with van der Waals surface area (Å²) in [5.74, 6) is 0. The van der Waals surface area contributed by atoms with E-state index in [0.29, 0.717) is 0 Å². The van der Waals surface area contributed by atoms with Crippen LogP contribution in [-0.4, -0.2) is 11.5 Å². The van der Waals surface area contributed by atoms with Gasteiger partial charge in [0.15, 0.2) is 0 Å². The minimum atomic E-state index is 0.943. The first-order valence-electron chi connectivity index (χ1n) is 9.78. The zero-order valence-corrected chi connectivity index (χ0v) is 17.6. The number of nitrogens with zero attached hydrogens (tertiary/aromatic N) is 2. The molecule has 1 aromatic heterocycles. The SMILES string of the molecule is CCN1C(=Cc2nc3cc4ccccc4cc3s2)Sc2cc3ccccc3cc21. The van der Waals surface area contributed by atoms with Gasteiger partial charge in [0.2, 0.25) is 0 Å². The van der Waals surface area contributed by atoms with Crippen molar-refractivity contribution in [2.75, 3.05) is 11.4 Å². The predicted octanol–water partition coefficient (Wildman–Crippen LogP) is 7.53. The molecule has 6 rings (SSSR count). The molecule has 0 N–H and O–H groups in total. The molecule has 1 aliphatic rings. The van der Waals surface area contributed by atoms with E-state index in [9.17, 15) is 0 Å². The van der Waals surface area contributed by atoms with Crippen molar-refractivity contribution in [1.29, 1.82) is 0 Å². The van der Waals surface area contributed by atoms with Gasteiger partial charge in [0.25, 0.3) is 0 Å². The monoisotopic (exact) mass is 410 g/mol. The van der Waals surface area contributed by atoms with Crippen molar-refractivity contribution in [3.63, 3.8) is 0 Å². The smallest absolute Gasteiger partial charge is 0.119 e. The predicted molar refractivity (Wildman–Crippen MR) is 128 cm³/mol. The Morgan fingerprint density at radius 3 is 2.24 bits per heavy atom. The molecule has 2 heterocycles. The van der Waals surface area contributed by atoms with Crippen molar-refractivity contribution in [1.82, 2.24) is 4.98 Å². The fourth-order valence-electron chi connectivity index (χ4n) is 4.02. The van der Waals surface area contributed by atoms with Crippen molar-refractivity contribution >= 4 is 66.6 Å². The van der Waals surface area contributed by atoms with Crippen LogP contribution in [0.2, 0.25) is 0 Å². The highest BCUT2D eigenvalue weighted by molar-refractivity contribution is 8.04. The fraction of sp³-hybridized carbons (Fsp3) is 0.0800. The Kier molecular flexibility index (Phi) is 3.89. The standard InChI is InChI=1S/C25H18N2S2/c1-2-27-21-12-17-8-4-6-10-19(17)14-23(21)29-25(27)15-24-26-20-11-16-7-3-5-9-18(16)13-22(20)28-24/h3-15H,2H2,1H3. The van der Waals surface area contributed by atoms with Crippen molar-refractivity contribution < 1.29 is 0 Å².